The van der Waals surface area contributed by atoms with Crippen LogP contribution in [0.2, 0.25) is 5.28 Å². The fourth-order valence-electron chi connectivity index (χ4n) is 3.09. The SMILES string of the molecule is CCc1cccc(C)c1NC(=O)Cn1c(Cl)nc2c1c(=O)n(C)c(=O)n2C. The number of carbonyl (C=O) groups is 1. The average Bonchev–Trinajstić information content (AvgIpc) is 2.96. The molecule has 2 heterocycles. The molecule has 0 saturated carbocycles. The summed E-state index contributed by atoms with van der Waals surface area (Å²) in [5, 5.41) is 2.87. The quantitative estimate of drug-likeness (QED) is 0.686. The van der Waals surface area contributed by atoms with Crippen molar-refractivity contribution < 1.29 is 4.79 Å². The highest BCUT2D eigenvalue weighted by molar-refractivity contribution is 6.29. The molecule has 0 atom stereocenters. The second-order valence-electron chi connectivity index (χ2n) is 6.36. The zero-order valence-corrected chi connectivity index (χ0v) is 16.3. The van der Waals surface area contributed by atoms with Crippen molar-refractivity contribution in [2.24, 2.45) is 14.1 Å². The van der Waals surface area contributed by atoms with Gasteiger partial charge < -0.3 is 5.32 Å². The highest BCUT2D eigenvalue weighted by atomic mass is 35.5. The number of fused-ring (bicyclic) bond motifs is 1. The Hall–Kier alpha value is -2.87. The summed E-state index contributed by atoms with van der Waals surface area (Å²) in [6.45, 7) is 3.73. The van der Waals surface area contributed by atoms with Crippen molar-refractivity contribution >= 4 is 34.4 Å². The van der Waals surface area contributed by atoms with Gasteiger partial charge in [0, 0.05) is 19.8 Å². The fourth-order valence-corrected chi connectivity index (χ4v) is 3.31. The highest BCUT2D eigenvalue weighted by Gasteiger charge is 2.20. The Morgan fingerprint density at radius 2 is 1.93 bits per heavy atom. The van der Waals surface area contributed by atoms with E-state index in [1.807, 2.05) is 32.0 Å². The van der Waals surface area contributed by atoms with E-state index in [4.69, 9.17) is 11.6 Å². The van der Waals surface area contributed by atoms with E-state index in [0.717, 1.165) is 27.8 Å². The van der Waals surface area contributed by atoms with Crippen molar-refractivity contribution in [1.82, 2.24) is 18.7 Å². The van der Waals surface area contributed by atoms with Gasteiger partial charge in [-0.2, -0.15) is 4.98 Å². The van der Waals surface area contributed by atoms with Crippen LogP contribution in [0.3, 0.4) is 0 Å². The number of nitrogens with zero attached hydrogens (tertiary/aromatic N) is 4. The van der Waals surface area contributed by atoms with Crippen molar-refractivity contribution in [2.45, 2.75) is 26.8 Å². The van der Waals surface area contributed by atoms with Gasteiger partial charge in [-0.25, -0.2) is 4.79 Å². The summed E-state index contributed by atoms with van der Waals surface area (Å²) in [5.41, 5.74) is 1.92. The third kappa shape index (κ3) is 3.16. The third-order valence-corrected chi connectivity index (χ3v) is 4.90. The van der Waals surface area contributed by atoms with Crippen molar-refractivity contribution in [2.75, 3.05) is 5.32 Å². The minimum atomic E-state index is -0.551. The molecule has 1 N–H and O–H groups in total. The number of carbonyl (C=O) groups excluding carboxylic acids is 1. The molecule has 0 spiro atoms. The van der Waals surface area contributed by atoms with Crippen molar-refractivity contribution in [3.8, 4) is 0 Å². The molecule has 0 radical (unpaired) electrons. The minimum Gasteiger partial charge on any atom is -0.324 e. The first kappa shape index (κ1) is 18.9. The second-order valence-corrected chi connectivity index (χ2v) is 6.69. The maximum atomic E-state index is 12.6. The van der Waals surface area contributed by atoms with Crippen LogP contribution in [0.25, 0.3) is 11.2 Å². The highest BCUT2D eigenvalue weighted by Crippen LogP contribution is 2.22. The van der Waals surface area contributed by atoms with E-state index < -0.39 is 11.2 Å². The number of nitrogens with one attached hydrogen (secondary N) is 1. The van der Waals surface area contributed by atoms with Gasteiger partial charge in [0.1, 0.15) is 6.54 Å². The predicted molar refractivity (Wildman–Crippen MR) is 104 cm³/mol. The molecule has 2 aromatic heterocycles. The van der Waals surface area contributed by atoms with Crippen LogP contribution in [0.15, 0.2) is 27.8 Å². The van der Waals surface area contributed by atoms with E-state index in [0.29, 0.717) is 0 Å². The lowest BCUT2D eigenvalue weighted by Gasteiger charge is -2.13. The first-order chi connectivity index (χ1) is 12.8. The molecule has 0 aliphatic carbocycles. The molecule has 27 heavy (non-hydrogen) atoms. The lowest BCUT2D eigenvalue weighted by molar-refractivity contribution is -0.116. The van der Waals surface area contributed by atoms with Gasteiger partial charge in [0.15, 0.2) is 11.2 Å². The standard InChI is InChI=1S/C18H20ClN5O3/c1-5-11-8-6-7-10(2)13(11)20-12(25)9-24-14-15(21-17(24)19)22(3)18(27)23(4)16(14)26/h6-8H,5,9H2,1-4H3,(H,20,25). The summed E-state index contributed by atoms with van der Waals surface area (Å²) >= 11 is 6.16. The van der Waals surface area contributed by atoms with Crippen LogP contribution in [0, 0.1) is 6.92 Å². The molecule has 0 aliphatic rings. The van der Waals surface area contributed by atoms with Gasteiger partial charge in [0.2, 0.25) is 11.2 Å². The van der Waals surface area contributed by atoms with Crippen LogP contribution in [0.5, 0.6) is 0 Å². The smallest absolute Gasteiger partial charge is 0.324 e. The molecule has 0 unspecified atom stereocenters. The average molecular weight is 390 g/mol. The summed E-state index contributed by atoms with van der Waals surface area (Å²) in [6.07, 6.45) is 0.773. The van der Waals surface area contributed by atoms with Crippen LogP contribution >= 0.6 is 11.6 Å². The normalized spacial score (nSPS) is 11.1. The van der Waals surface area contributed by atoms with E-state index >= 15 is 0 Å². The number of anilines is 1. The maximum Gasteiger partial charge on any atom is 0.332 e. The number of benzene rings is 1. The fraction of sp³-hybridized carbons (Fsp3) is 0.333. The van der Waals surface area contributed by atoms with E-state index in [-0.39, 0.29) is 28.9 Å². The molecular formula is C18H20ClN5O3. The van der Waals surface area contributed by atoms with Gasteiger partial charge in [0.05, 0.1) is 0 Å². The summed E-state index contributed by atoms with van der Waals surface area (Å²) in [7, 11) is 2.87. The molecule has 0 aliphatic heterocycles. The number of rotatable bonds is 4. The Labute approximate surface area is 160 Å². The van der Waals surface area contributed by atoms with E-state index in [1.165, 1.54) is 23.2 Å². The summed E-state index contributed by atoms with van der Waals surface area (Å²) in [5.74, 6) is -0.337. The Morgan fingerprint density at radius 3 is 2.59 bits per heavy atom. The first-order valence-electron chi connectivity index (χ1n) is 8.46. The van der Waals surface area contributed by atoms with Crippen molar-refractivity contribution in [1.29, 1.82) is 0 Å². The van der Waals surface area contributed by atoms with Crippen LogP contribution in [0.1, 0.15) is 18.1 Å². The molecule has 1 aromatic carbocycles. The Kier molecular flexibility index (Phi) is 4.93. The molecule has 9 heteroatoms. The topological polar surface area (TPSA) is 90.9 Å². The van der Waals surface area contributed by atoms with E-state index in [2.05, 4.69) is 10.3 Å². The van der Waals surface area contributed by atoms with Crippen LogP contribution in [-0.4, -0.2) is 24.6 Å². The van der Waals surface area contributed by atoms with Gasteiger partial charge in [0.25, 0.3) is 5.56 Å². The Bertz CT molecular complexity index is 1170. The number of aryl methyl sites for hydroxylation is 3. The van der Waals surface area contributed by atoms with E-state index in [9.17, 15) is 14.4 Å². The maximum absolute atomic E-state index is 12.6. The number of imidazole rings is 1. The molecule has 3 rings (SSSR count). The molecule has 8 nitrogen and oxygen atoms in total. The van der Waals surface area contributed by atoms with Crippen LogP contribution in [-0.2, 0) is 31.9 Å². The molecule has 3 aromatic rings. The lowest BCUT2D eigenvalue weighted by Crippen LogP contribution is -2.37. The summed E-state index contributed by atoms with van der Waals surface area (Å²) in [4.78, 5) is 41.3. The summed E-state index contributed by atoms with van der Waals surface area (Å²) < 4.78 is 3.51. The number of amides is 1. The van der Waals surface area contributed by atoms with Gasteiger partial charge in [-0.05, 0) is 36.1 Å². The molecule has 0 saturated heterocycles. The van der Waals surface area contributed by atoms with Gasteiger partial charge in [-0.1, -0.05) is 25.1 Å². The molecular weight excluding hydrogens is 370 g/mol. The number of halogens is 1. The van der Waals surface area contributed by atoms with Crippen LogP contribution in [0.4, 0.5) is 5.69 Å². The second kappa shape index (κ2) is 7.03. The number of aromatic nitrogens is 4. The molecule has 142 valence electrons. The predicted octanol–water partition coefficient (Wildman–Crippen LogP) is 1.60. The monoisotopic (exact) mass is 389 g/mol. The molecule has 0 fully saturated rings. The van der Waals surface area contributed by atoms with Gasteiger partial charge in [-0.15, -0.1) is 0 Å². The molecule has 1 amide bonds. The first-order valence-corrected chi connectivity index (χ1v) is 8.84. The zero-order chi connectivity index (χ0) is 19.9. The largest absolute Gasteiger partial charge is 0.332 e. The Balaban J connectivity index is 2.03. The summed E-state index contributed by atoms with van der Waals surface area (Å²) in [6, 6.07) is 5.81. The minimum absolute atomic E-state index is 0.0288. The number of hydrogen-bond acceptors (Lipinski definition) is 4. The molecule has 0 bridgehead atoms. The number of hydrogen-bond donors (Lipinski definition) is 1. The van der Waals surface area contributed by atoms with Crippen molar-refractivity contribution in [3.63, 3.8) is 0 Å². The van der Waals surface area contributed by atoms with Crippen LogP contribution < -0.4 is 16.6 Å². The third-order valence-electron chi connectivity index (χ3n) is 4.61. The zero-order valence-electron chi connectivity index (χ0n) is 15.5. The van der Waals surface area contributed by atoms with Gasteiger partial charge >= 0.3 is 5.69 Å². The van der Waals surface area contributed by atoms with Crippen molar-refractivity contribution in [3.05, 3.63) is 55.4 Å². The Morgan fingerprint density at radius 1 is 1.22 bits per heavy atom. The lowest BCUT2D eigenvalue weighted by atomic mass is 10.1. The number of para-hydroxylation sites is 1. The van der Waals surface area contributed by atoms with E-state index in [1.54, 1.807) is 0 Å². The van der Waals surface area contributed by atoms with Gasteiger partial charge in [-0.3, -0.25) is 23.3 Å².